The minimum absolute atomic E-state index is 0.0174. The zero-order chi connectivity index (χ0) is 17.2. The van der Waals surface area contributed by atoms with Crippen molar-refractivity contribution >= 4 is 5.91 Å². The van der Waals surface area contributed by atoms with Gasteiger partial charge >= 0.3 is 0 Å². The number of nitrogens with zero attached hydrogens (tertiary/aromatic N) is 2. The molecule has 0 bridgehead atoms. The first-order valence-electron chi connectivity index (χ1n) is 9.27. The van der Waals surface area contributed by atoms with E-state index in [9.17, 15) is 9.18 Å². The third kappa shape index (κ3) is 3.32. The van der Waals surface area contributed by atoms with Gasteiger partial charge in [0.1, 0.15) is 12.0 Å². The normalized spacial score (nSPS) is 26.8. The molecule has 1 aliphatic carbocycles. The summed E-state index contributed by atoms with van der Waals surface area (Å²) in [7, 11) is 0. The van der Waals surface area contributed by atoms with Crippen LogP contribution in [0.25, 0.3) is 11.3 Å². The van der Waals surface area contributed by atoms with Gasteiger partial charge in [-0.1, -0.05) is 30.3 Å². The molecule has 0 radical (unpaired) electrons. The molecule has 1 saturated carbocycles. The van der Waals surface area contributed by atoms with Gasteiger partial charge in [-0.2, -0.15) is 0 Å². The number of imidazole rings is 1. The van der Waals surface area contributed by atoms with Gasteiger partial charge in [0.2, 0.25) is 5.91 Å². The van der Waals surface area contributed by atoms with E-state index in [0.717, 1.165) is 36.5 Å². The first-order valence-corrected chi connectivity index (χ1v) is 9.27. The lowest BCUT2D eigenvalue weighted by molar-refractivity contribution is -0.138. The maximum Gasteiger partial charge on any atom is 0.226 e. The van der Waals surface area contributed by atoms with E-state index in [1.54, 1.807) is 0 Å². The Morgan fingerprint density at radius 2 is 1.88 bits per heavy atom. The Kier molecular flexibility index (Phi) is 4.55. The van der Waals surface area contributed by atoms with Crippen LogP contribution in [0, 0.1) is 5.92 Å². The van der Waals surface area contributed by atoms with Crippen LogP contribution in [0.1, 0.15) is 50.4 Å². The van der Waals surface area contributed by atoms with E-state index >= 15 is 0 Å². The zero-order valence-corrected chi connectivity index (χ0v) is 14.3. The summed E-state index contributed by atoms with van der Waals surface area (Å²) in [6, 6.07) is 10.1. The van der Waals surface area contributed by atoms with Crippen LogP contribution in [0.15, 0.2) is 36.5 Å². The molecule has 1 saturated heterocycles. The summed E-state index contributed by atoms with van der Waals surface area (Å²) >= 11 is 0. The number of H-pyrrole nitrogens is 1. The molecule has 1 N–H and O–H groups in total. The highest BCUT2D eigenvalue weighted by Crippen LogP contribution is 2.35. The molecule has 1 aromatic heterocycles. The number of rotatable bonds is 3. The molecule has 1 unspecified atom stereocenters. The van der Waals surface area contributed by atoms with Gasteiger partial charge in [-0.25, -0.2) is 9.37 Å². The fraction of sp³-hybridized carbons (Fsp3) is 0.500. The van der Waals surface area contributed by atoms with Crippen LogP contribution in [0.4, 0.5) is 4.39 Å². The van der Waals surface area contributed by atoms with Crippen molar-refractivity contribution in [2.75, 3.05) is 6.54 Å². The molecule has 2 heterocycles. The average molecular weight is 341 g/mol. The van der Waals surface area contributed by atoms with E-state index in [2.05, 4.69) is 9.97 Å². The van der Waals surface area contributed by atoms with E-state index in [4.69, 9.17) is 0 Å². The SMILES string of the molecule is O=C(C1CCC(F)CC1)N1CCCC1c1ncc(-c2ccccc2)[nH]1. The summed E-state index contributed by atoms with van der Waals surface area (Å²) in [5, 5.41) is 0. The Morgan fingerprint density at radius 1 is 1.12 bits per heavy atom. The number of hydrogen-bond acceptors (Lipinski definition) is 2. The molecule has 4 rings (SSSR count). The maximum atomic E-state index is 13.4. The highest BCUT2D eigenvalue weighted by molar-refractivity contribution is 5.79. The van der Waals surface area contributed by atoms with Crippen molar-refractivity contribution in [3.05, 3.63) is 42.4 Å². The maximum absolute atomic E-state index is 13.4. The summed E-state index contributed by atoms with van der Waals surface area (Å²) in [6.45, 7) is 0.778. The number of aromatic amines is 1. The first-order chi connectivity index (χ1) is 12.2. The number of halogens is 1. The smallest absolute Gasteiger partial charge is 0.226 e. The Bertz CT molecular complexity index is 722. The molecule has 1 aliphatic heterocycles. The molecule has 4 nitrogen and oxygen atoms in total. The second-order valence-electron chi connectivity index (χ2n) is 7.19. The highest BCUT2D eigenvalue weighted by Gasteiger charge is 2.36. The number of alkyl halides is 1. The second kappa shape index (κ2) is 6.98. The van der Waals surface area contributed by atoms with Crippen LogP contribution >= 0.6 is 0 Å². The lowest BCUT2D eigenvalue weighted by Crippen LogP contribution is -2.37. The van der Waals surface area contributed by atoms with E-state index in [1.165, 1.54) is 0 Å². The highest BCUT2D eigenvalue weighted by atomic mass is 19.1. The predicted molar refractivity (Wildman–Crippen MR) is 94.6 cm³/mol. The molecular formula is C20H24FN3O. The summed E-state index contributed by atoms with van der Waals surface area (Å²) in [4.78, 5) is 22.9. The lowest BCUT2D eigenvalue weighted by atomic mass is 9.87. The van der Waals surface area contributed by atoms with Crippen LogP contribution in [0.5, 0.6) is 0 Å². The van der Waals surface area contributed by atoms with Crippen molar-refractivity contribution < 1.29 is 9.18 Å². The number of hydrogen-bond donors (Lipinski definition) is 1. The van der Waals surface area contributed by atoms with Crippen molar-refractivity contribution in [1.82, 2.24) is 14.9 Å². The topological polar surface area (TPSA) is 49.0 Å². The Labute approximate surface area is 147 Å². The minimum Gasteiger partial charge on any atom is -0.340 e. The number of likely N-dealkylation sites (tertiary alicyclic amines) is 1. The predicted octanol–water partition coefficient (Wildman–Crippen LogP) is 4.27. The van der Waals surface area contributed by atoms with Crippen molar-refractivity contribution in [2.24, 2.45) is 5.92 Å². The summed E-state index contributed by atoms with van der Waals surface area (Å²) in [5.41, 5.74) is 2.08. The Balaban J connectivity index is 1.50. The zero-order valence-electron chi connectivity index (χ0n) is 14.3. The number of benzene rings is 1. The molecule has 2 aliphatic rings. The lowest BCUT2D eigenvalue weighted by Gasteiger charge is -2.30. The molecule has 1 aromatic carbocycles. The number of nitrogens with one attached hydrogen (secondary N) is 1. The number of carbonyl (C=O) groups excluding carboxylic acids is 1. The van der Waals surface area contributed by atoms with Gasteiger partial charge in [-0.05, 0) is 44.1 Å². The molecule has 5 heteroatoms. The molecule has 1 amide bonds. The number of amides is 1. The van der Waals surface area contributed by atoms with Crippen molar-refractivity contribution in [2.45, 2.75) is 50.7 Å². The van der Waals surface area contributed by atoms with Crippen LogP contribution in [0.3, 0.4) is 0 Å². The number of aromatic nitrogens is 2. The summed E-state index contributed by atoms with van der Waals surface area (Å²) < 4.78 is 13.4. The quantitative estimate of drug-likeness (QED) is 0.906. The van der Waals surface area contributed by atoms with Gasteiger partial charge in [0, 0.05) is 12.5 Å². The van der Waals surface area contributed by atoms with Crippen LogP contribution < -0.4 is 0 Å². The van der Waals surface area contributed by atoms with Gasteiger partial charge in [-0.3, -0.25) is 4.79 Å². The van der Waals surface area contributed by atoms with Crippen molar-refractivity contribution in [1.29, 1.82) is 0 Å². The standard InChI is InChI=1S/C20H24FN3O/c21-16-10-8-15(9-11-16)20(25)24-12-4-7-18(24)19-22-13-17(23-19)14-5-2-1-3-6-14/h1-3,5-6,13,15-16,18H,4,7-12H2,(H,22,23). The molecule has 2 aromatic rings. The van der Waals surface area contributed by atoms with Crippen molar-refractivity contribution in [3.63, 3.8) is 0 Å². The third-order valence-corrected chi connectivity index (χ3v) is 5.54. The van der Waals surface area contributed by atoms with E-state index in [0.29, 0.717) is 25.7 Å². The van der Waals surface area contributed by atoms with E-state index in [1.807, 2.05) is 41.4 Å². The van der Waals surface area contributed by atoms with Crippen LogP contribution in [-0.2, 0) is 4.79 Å². The first kappa shape index (κ1) is 16.3. The Morgan fingerprint density at radius 3 is 2.64 bits per heavy atom. The molecule has 1 atom stereocenters. The van der Waals surface area contributed by atoms with Gasteiger partial charge in [0.05, 0.1) is 17.9 Å². The van der Waals surface area contributed by atoms with E-state index in [-0.39, 0.29) is 17.9 Å². The van der Waals surface area contributed by atoms with Gasteiger partial charge in [0.25, 0.3) is 0 Å². The third-order valence-electron chi connectivity index (χ3n) is 5.54. The fourth-order valence-corrected chi connectivity index (χ4v) is 4.12. The average Bonchev–Trinajstić information content (AvgIpc) is 3.32. The minimum atomic E-state index is -0.725. The largest absolute Gasteiger partial charge is 0.340 e. The van der Waals surface area contributed by atoms with Crippen LogP contribution in [0.2, 0.25) is 0 Å². The van der Waals surface area contributed by atoms with E-state index < -0.39 is 6.17 Å². The summed E-state index contributed by atoms with van der Waals surface area (Å²) in [5.74, 6) is 1.03. The van der Waals surface area contributed by atoms with Gasteiger partial charge < -0.3 is 9.88 Å². The molecule has 0 spiro atoms. The summed E-state index contributed by atoms with van der Waals surface area (Å²) in [6.07, 6.45) is 5.45. The molecule has 132 valence electrons. The fourth-order valence-electron chi connectivity index (χ4n) is 4.12. The van der Waals surface area contributed by atoms with Crippen molar-refractivity contribution in [3.8, 4) is 11.3 Å². The molecule has 2 fully saturated rings. The van der Waals surface area contributed by atoms with Gasteiger partial charge in [-0.15, -0.1) is 0 Å². The van der Waals surface area contributed by atoms with Crippen LogP contribution in [-0.4, -0.2) is 33.5 Å². The monoisotopic (exact) mass is 341 g/mol. The second-order valence-corrected chi connectivity index (χ2v) is 7.19. The molecular weight excluding hydrogens is 317 g/mol. The number of carbonyl (C=O) groups is 1. The van der Waals surface area contributed by atoms with Gasteiger partial charge in [0.15, 0.2) is 0 Å². The molecule has 25 heavy (non-hydrogen) atoms. The Hall–Kier alpha value is -2.17.